The van der Waals surface area contributed by atoms with Crippen LogP contribution in [-0.2, 0) is 16.1 Å². The zero-order chi connectivity index (χ0) is 24.2. The summed E-state index contributed by atoms with van der Waals surface area (Å²) in [6.07, 6.45) is 0. The summed E-state index contributed by atoms with van der Waals surface area (Å²) in [6, 6.07) is 14.4. The number of fused-ring (bicyclic) bond motifs is 1. The van der Waals surface area contributed by atoms with Crippen molar-refractivity contribution in [2.24, 2.45) is 0 Å². The van der Waals surface area contributed by atoms with Gasteiger partial charge in [-0.15, -0.1) is 11.3 Å². The summed E-state index contributed by atoms with van der Waals surface area (Å²) in [7, 11) is 1.24. The molecule has 4 rings (SSSR count). The van der Waals surface area contributed by atoms with E-state index in [1.807, 2.05) is 6.92 Å². The fraction of sp³-hybridized carbons (Fsp3) is 0.167. The Morgan fingerprint density at radius 1 is 1.06 bits per heavy atom. The minimum atomic E-state index is -0.545. The van der Waals surface area contributed by atoms with Crippen LogP contribution in [0.3, 0.4) is 0 Å². The van der Waals surface area contributed by atoms with E-state index in [4.69, 9.17) is 0 Å². The van der Waals surface area contributed by atoms with Crippen molar-refractivity contribution in [2.75, 3.05) is 19.0 Å². The summed E-state index contributed by atoms with van der Waals surface area (Å²) in [6.45, 7) is 2.12. The summed E-state index contributed by atoms with van der Waals surface area (Å²) >= 11 is 1.32. The van der Waals surface area contributed by atoms with Gasteiger partial charge in [0, 0.05) is 16.6 Å². The third-order valence-electron chi connectivity index (χ3n) is 5.10. The molecule has 2 aromatic heterocycles. The highest BCUT2D eigenvalue weighted by Crippen LogP contribution is 2.29. The van der Waals surface area contributed by atoms with E-state index in [0.717, 1.165) is 21.5 Å². The van der Waals surface area contributed by atoms with E-state index in [9.17, 15) is 18.8 Å². The van der Waals surface area contributed by atoms with Crippen molar-refractivity contribution in [3.63, 3.8) is 0 Å². The molecule has 0 aliphatic heterocycles. The SMILES string of the molecule is COC(=O)CNC(=O)c1ccc(NC(=O)c2cc3c(C)nn(Cc4ccc(F)cc4)c3s2)cc1. The van der Waals surface area contributed by atoms with Crippen molar-refractivity contribution in [2.45, 2.75) is 13.5 Å². The Balaban J connectivity index is 1.45. The number of nitrogens with zero attached hydrogens (tertiary/aromatic N) is 2. The molecule has 0 fully saturated rings. The summed E-state index contributed by atoms with van der Waals surface area (Å²) in [5.41, 5.74) is 2.58. The maximum Gasteiger partial charge on any atom is 0.325 e. The van der Waals surface area contributed by atoms with Crippen molar-refractivity contribution in [1.29, 1.82) is 0 Å². The molecule has 0 radical (unpaired) electrons. The first-order chi connectivity index (χ1) is 16.3. The number of nitrogens with one attached hydrogen (secondary N) is 2. The highest BCUT2D eigenvalue weighted by molar-refractivity contribution is 7.20. The number of rotatable bonds is 7. The molecule has 0 spiro atoms. The summed E-state index contributed by atoms with van der Waals surface area (Å²) < 4.78 is 19.5. The zero-order valence-corrected chi connectivity index (χ0v) is 19.2. The van der Waals surface area contributed by atoms with Gasteiger partial charge in [-0.1, -0.05) is 12.1 Å². The second kappa shape index (κ2) is 9.84. The summed E-state index contributed by atoms with van der Waals surface area (Å²) in [4.78, 5) is 37.4. The molecule has 174 valence electrons. The van der Waals surface area contributed by atoms with Crippen molar-refractivity contribution >= 4 is 45.0 Å². The monoisotopic (exact) mass is 480 g/mol. The number of benzene rings is 2. The number of halogens is 1. The van der Waals surface area contributed by atoms with Crippen LogP contribution >= 0.6 is 11.3 Å². The number of thiophene rings is 1. The average molecular weight is 481 g/mol. The molecule has 2 heterocycles. The molecule has 0 saturated heterocycles. The number of anilines is 1. The number of carbonyl (C=O) groups is 3. The van der Waals surface area contributed by atoms with Crippen LogP contribution in [0.5, 0.6) is 0 Å². The number of aromatic nitrogens is 2. The van der Waals surface area contributed by atoms with E-state index in [-0.39, 0.29) is 18.3 Å². The lowest BCUT2D eigenvalue weighted by Crippen LogP contribution is -2.30. The van der Waals surface area contributed by atoms with Crippen LogP contribution in [0.2, 0.25) is 0 Å². The van der Waals surface area contributed by atoms with E-state index >= 15 is 0 Å². The van der Waals surface area contributed by atoms with Gasteiger partial charge >= 0.3 is 5.97 Å². The molecule has 0 aliphatic carbocycles. The van der Waals surface area contributed by atoms with Gasteiger partial charge in [0.25, 0.3) is 11.8 Å². The van der Waals surface area contributed by atoms with Gasteiger partial charge in [0.15, 0.2) is 0 Å². The number of carbonyl (C=O) groups excluding carboxylic acids is 3. The first kappa shape index (κ1) is 23.1. The molecular weight excluding hydrogens is 459 g/mol. The van der Waals surface area contributed by atoms with E-state index < -0.39 is 11.9 Å². The Kier molecular flexibility index (Phi) is 6.69. The van der Waals surface area contributed by atoms with E-state index in [1.54, 1.807) is 47.1 Å². The molecule has 2 aromatic carbocycles. The Morgan fingerprint density at radius 2 is 1.76 bits per heavy atom. The predicted octanol–water partition coefficient (Wildman–Crippen LogP) is 3.75. The van der Waals surface area contributed by atoms with E-state index in [2.05, 4.69) is 20.5 Å². The number of ether oxygens (including phenoxy) is 1. The van der Waals surface area contributed by atoms with Crippen LogP contribution in [0.15, 0.2) is 54.6 Å². The largest absolute Gasteiger partial charge is 0.468 e. The quantitative estimate of drug-likeness (QED) is 0.392. The molecule has 4 aromatic rings. The normalized spacial score (nSPS) is 10.8. The number of aryl methyl sites for hydroxylation is 1. The minimum absolute atomic E-state index is 0.224. The molecule has 0 saturated carbocycles. The molecule has 2 amide bonds. The fourth-order valence-electron chi connectivity index (χ4n) is 3.32. The molecule has 10 heteroatoms. The average Bonchev–Trinajstić information content (AvgIpc) is 3.40. The lowest BCUT2D eigenvalue weighted by molar-refractivity contribution is -0.139. The van der Waals surface area contributed by atoms with Crippen LogP contribution in [0.4, 0.5) is 10.1 Å². The number of esters is 1. The van der Waals surface area contributed by atoms with Crippen LogP contribution in [-0.4, -0.2) is 41.2 Å². The smallest absolute Gasteiger partial charge is 0.325 e. The minimum Gasteiger partial charge on any atom is -0.468 e. The van der Waals surface area contributed by atoms with Gasteiger partial charge in [0.2, 0.25) is 0 Å². The van der Waals surface area contributed by atoms with Crippen molar-refractivity contribution in [1.82, 2.24) is 15.1 Å². The molecule has 8 nitrogen and oxygen atoms in total. The Hall–Kier alpha value is -4.05. The van der Waals surface area contributed by atoms with Gasteiger partial charge in [-0.3, -0.25) is 19.1 Å². The van der Waals surface area contributed by atoms with Crippen LogP contribution in [0.25, 0.3) is 10.2 Å². The van der Waals surface area contributed by atoms with Crippen LogP contribution in [0.1, 0.15) is 31.3 Å². The number of methoxy groups -OCH3 is 1. The maximum atomic E-state index is 13.2. The highest BCUT2D eigenvalue weighted by Gasteiger charge is 2.17. The lowest BCUT2D eigenvalue weighted by atomic mass is 10.2. The highest BCUT2D eigenvalue weighted by atomic mass is 32.1. The molecule has 0 atom stereocenters. The van der Waals surface area contributed by atoms with Crippen molar-refractivity contribution < 1.29 is 23.5 Å². The molecular formula is C24H21FN4O4S. The summed E-state index contributed by atoms with van der Waals surface area (Å²) in [5, 5.41) is 10.7. The fourth-order valence-corrected chi connectivity index (χ4v) is 4.37. The van der Waals surface area contributed by atoms with Crippen molar-refractivity contribution in [3.05, 3.63) is 82.1 Å². The van der Waals surface area contributed by atoms with Crippen molar-refractivity contribution in [3.8, 4) is 0 Å². The Bertz CT molecular complexity index is 1360. The van der Waals surface area contributed by atoms with Gasteiger partial charge < -0.3 is 15.4 Å². The summed E-state index contributed by atoms with van der Waals surface area (Å²) in [5.74, 6) is -1.54. The number of hydrogen-bond donors (Lipinski definition) is 2. The van der Waals surface area contributed by atoms with Crippen LogP contribution in [0, 0.1) is 12.7 Å². The van der Waals surface area contributed by atoms with Crippen LogP contribution < -0.4 is 10.6 Å². The molecule has 0 unspecified atom stereocenters. The third-order valence-corrected chi connectivity index (χ3v) is 6.25. The Morgan fingerprint density at radius 3 is 2.44 bits per heavy atom. The second-order valence-electron chi connectivity index (χ2n) is 7.49. The molecule has 34 heavy (non-hydrogen) atoms. The molecule has 0 bridgehead atoms. The Labute approximate surface area is 198 Å². The van der Waals surface area contributed by atoms with E-state index in [1.165, 1.54) is 30.6 Å². The third kappa shape index (κ3) is 5.12. The second-order valence-corrected chi connectivity index (χ2v) is 8.52. The van der Waals surface area contributed by atoms with Gasteiger partial charge in [0.05, 0.1) is 24.2 Å². The van der Waals surface area contributed by atoms with E-state index in [0.29, 0.717) is 22.7 Å². The number of amides is 2. The topological polar surface area (TPSA) is 102 Å². The van der Waals surface area contributed by atoms with Gasteiger partial charge in [-0.25, -0.2) is 4.39 Å². The first-order valence-corrected chi connectivity index (χ1v) is 11.1. The number of hydrogen-bond acceptors (Lipinski definition) is 6. The molecule has 2 N–H and O–H groups in total. The van der Waals surface area contributed by atoms with Gasteiger partial charge in [-0.2, -0.15) is 5.10 Å². The van der Waals surface area contributed by atoms with Gasteiger partial charge in [0.1, 0.15) is 17.2 Å². The zero-order valence-electron chi connectivity index (χ0n) is 18.4. The lowest BCUT2D eigenvalue weighted by Gasteiger charge is -2.06. The van der Waals surface area contributed by atoms with Gasteiger partial charge in [-0.05, 0) is 55.0 Å². The standard InChI is InChI=1S/C24H21FN4O4S/c1-14-19-11-20(34-24(19)29(28-14)13-15-3-7-17(25)8-4-15)23(32)27-18-9-5-16(6-10-18)22(31)26-12-21(30)33-2/h3-11H,12-13H2,1-2H3,(H,26,31)(H,27,32). The first-order valence-electron chi connectivity index (χ1n) is 10.3. The maximum absolute atomic E-state index is 13.2. The molecule has 0 aliphatic rings. The predicted molar refractivity (Wildman–Crippen MR) is 127 cm³/mol.